The number of nitrogens with one attached hydrogen (secondary N) is 1. The molecule has 106 valence electrons. The normalized spacial score (nSPS) is 19.2. The van der Waals surface area contributed by atoms with E-state index in [1.165, 1.54) is 23.5 Å². The van der Waals surface area contributed by atoms with Gasteiger partial charge in [-0.2, -0.15) is 0 Å². The second kappa shape index (κ2) is 5.50. The molecule has 1 aliphatic rings. The number of amides is 1. The van der Waals surface area contributed by atoms with E-state index >= 15 is 0 Å². The lowest BCUT2D eigenvalue weighted by molar-refractivity contribution is 0.0713. The number of carbonyl (C=O) groups is 1. The van der Waals surface area contributed by atoms with Crippen LogP contribution in [0.25, 0.3) is 10.1 Å². The van der Waals surface area contributed by atoms with Crippen molar-refractivity contribution in [3.05, 3.63) is 35.0 Å². The van der Waals surface area contributed by atoms with Crippen LogP contribution in [0.15, 0.2) is 24.3 Å². The van der Waals surface area contributed by atoms with Crippen LogP contribution in [0.1, 0.15) is 22.5 Å². The topological polar surface area (TPSA) is 32.3 Å². The lowest BCUT2D eigenvalue weighted by Crippen LogP contribution is -2.46. The number of thiophene rings is 1. The number of rotatable bonds is 2. The SMILES string of the molecule is CN(C(=O)c1cc2ccc(F)cc2s1)C1CCCNC1. The van der Waals surface area contributed by atoms with Crippen molar-refractivity contribution in [3.63, 3.8) is 0 Å². The van der Waals surface area contributed by atoms with Crippen molar-refractivity contribution in [1.29, 1.82) is 0 Å². The molecule has 20 heavy (non-hydrogen) atoms. The van der Waals surface area contributed by atoms with Crippen LogP contribution in [0.3, 0.4) is 0 Å². The Kier molecular flexibility index (Phi) is 3.72. The van der Waals surface area contributed by atoms with Gasteiger partial charge in [0.05, 0.1) is 4.88 Å². The molecule has 1 aromatic carbocycles. The average molecular weight is 292 g/mol. The minimum atomic E-state index is -0.261. The Morgan fingerprint density at radius 1 is 1.45 bits per heavy atom. The number of nitrogens with zero attached hydrogens (tertiary/aromatic N) is 1. The minimum absolute atomic E-state index is 0.0281. The van der Waals surface area contributed by atoms with Gasteiger partial charge in [0, 0.05) is 24.3 Å². The monoisotopic (exact) mass is 292 g/mol. The first kappa shape index (κ1) is 13.5. The van der Waals surface area contributed by atoms with E-state index in [9.17, 15) is 9.18 Å². The molecule has 0 bridgehead atoms. The first-order valence-electron chi connectivity index (χ1n) is 6.82. The van der Waals surface area contributed by atoms with E-state index in [1.807, 2.05) is 18.0 Å². The Bertz CT molecular complexity index is 634. The molecule has 0 aliphatic carbocycles. The van der Waals surface area contributed by atoms with Gasteiger partial charge in [0.25, 0.3) is 5.91 Å². The van der Waals surface area contributed by atoms with Gasteiger partial charge in [-0.15, -0.1) is 11.3 Å². The zero-order valence-corrected chi connectivity index (χ0v) is 12.2. The molecule has 0 saturated carbocycles. The fourth-order valence-electron chi connectivity index (χ4n) is 2.61. The third-order valence-corrected chi connectivity index (χ3v) is 4.92. The van der Waals surface area contributed by atoms with E-state index in [4.69, 9.17) is 0 Å². The Morgan fingerprint density at radius 3 is 3.05 bits per heavy atom. The van der Waals surface area contributed by atoms with Crippen LogP contribution in [0.2, 0.25) is 0 Å². The smallest absolute Gasteiger partial charge is 0.263 e. The van der Waals surface area contributed by atoms with Gasteiger partial charge in [-0.1, -0.05) is 6.07 Å². The van der Waals surface area contributed by atoms with Crippen LogP contribution in [0.5, 0.6) is 0 Å². The second-order valence-corrected chi connectivity index (χ2v) is 6.29. The third kappa shape index (κ3) is 2.55. The molecule has 1 atom stereocenters. The van der Waals surface area contributed by atoms with Crippen molar-refractivity contribution in [3.8, 4) is 0 Å². The summed E-state index contributed by atoms with van der Waals surface area (Å²) in [6, 6.07) is 6.74. The molecular weight excluding hydrogens is 275 g/mol. The summed E-state index contributed by atoms with van der Waals surface area (Å²) in [7, 11) is 1.85. The van der Waals surface area contributed by atoms with Crippen molar-refractivity contribution in [2.24, 2.45) is 0 Å². The Morgan fingerprint density at radius 2 is 2.30 bits per heavy atom. The van der Waals surface area contributed by atoms with Crippen molar-refractivity contribution >= 4 is 27.3 Å². The molecule has 1 unspecified atom stereocenters. The van der Waals surface area contributed by atoms with Gasteiger partial charge >= 0.3 is 0 Å². The van der Waals surface area contributed by atoms with Gasteiger partial charge in [-0.05, 0) is 43.0 Å². The Hall–Kier alpha value is -1.46. The van der Waals surface area contributed by atoms with Gasteiger partial charge in [0.2, 0.25) is 0 Å². The molecule has 3 rings (SSSR count). The molecule has 3 nitrogen and oxygen atoms in total. The van der Waals surface area contributed by atoms with Gasteiger partial charge in [-0.3, -0.25) is 4.79 Å². The van der Waals surface area contributed by atoms with Crippen LogP contribution < -0.4 is 5.32 Å². The number of fused-ring (bicyclic) bond motifs is 1. The van der Waals surface area contributed by atoms with E-state index in [0.29, 0.717) is 4.88 Å². The molecule has 2 aromatic rings. The molecular formula is C15H17FN2OS. The van der Waals surface area contributed by atoms with Crippen molar-refractivity contribution in [2.75, 3.05) is 20.1 Å². The number of carbonyl (C=O) groups excluding carboxylic acids is 1. The van der Waals surface area contributed by atoms with Gasteiger partial charge in [0.15, 0.2) is 0 Å². The number of hydrogen-bond donors (Lipinski definition) is 1. The van der Waals surface area contributed by atoms with Crippen LogP contribution in [-0.2, 0) is 0 Å². The van der Waals surface area contributed by atoms with Crippen molar-refractivity contribution < 1.29 is 9.18 Å². The molecule has 1 amide bonds. The molecule has 0 spiro atoms. The molecule has 1 fully saturated rings. The number of piperidine rings is 1. The minimum Gasteiger partial charge on any atom is -0.337 e. The molecule has 1 saturated heterocycles. The quantitative estimate of drug-likeness (QED) is 0.923. The lowest BCUT2D eigenvalue weighted by atomic mass is 10.1. The largest absolute Gasteiger partial charge is 0.337 e. The molecule has 1 aromatic heterocycles. The Balaban J connectivity index is 1.84. The first-order valence-corrected chi connectivity index (χ1v) is 7.64. The summed E-state index contributed by atoms with van der Waals surface area (Å²) in [5, 5.41) is 4.24. The van der Waals surface area contributed by atoms with E-state index in [-0.39, 0.29) is 17.8 Å². The highest BCUT2D eigenvalue weighted by Crippen LogP contribution is 2.27. The highest BCUT2D eigenvalue weighted by Gasteiger charge is 2.24. The second-order valence-electron chi connectivity index (χ2n) is 5.21. The highest BCUT2D eigenvalue weighted by molar-refractivity contribution is 7.20. The number of likely N-dealkylation sites (N-methyl/N-ethyl adjacent to an activating group) is 1. The summed E-state index contributed by atoms with van der Waals surface area (Å²) < 4.78 is 14.0. The number of hydrogen-bond acceptors (Lipinski definition) is 3. The average Bonchev–Trinajstić information content (AvgIpc) is 2.89. The highest BCUT2D eigenvalue weighted by atomic mass is 32.1. The number of halogens is 1. The van der Waals surface area contributed by atoms with E-state index < -0.39 is 0 Å². The fraction of sp³-hybridized carbons (Fsp3) is 0.400. The van der Waals surface area contributed by atoms with Crippen molar-refractivity contribution in [1.82, 2.24) is 10.2 Å². The molecule has 0 radical (unpaired) electrons. The van der Waals surface area contributed by atoms with E-state index in [1.54, 1.807) is 6.07 Å². The van der Waals surface area contributed by atoms with Gasteiger partial charge < -0.3 is 10.2 Å². The van der Waals surface area contributed by atoms with Crippen molar-refractivity contribution in [2.45, 2.75) is 18.9 Å². The standard InChI is InChI=1S/C15H17FN2OS/c1-18(12-3-2-6-17-9-12)15(19)14-7-10-4-5-11(16)8-13(10)20-14/h4-5,7-8,12,17H,2-3,6,9H2,1H3. The van der Waals surface area contributed by atoms with Crippen LogP contribution in [-0.4, -0.2) is 37.0 Å². The fourth-order valence-corrected chi connectivity index (χ4v) is 3.68. The summed E-state index contributed by atoms with van der Waals surface area (Å²) in [6.45, 7) is 1.88. The van der Waals surface area contributed by atoms with Crippen LogP contribution >= 0.6 is 11.3 Å². The summed E-state index contributed by atoms with van der Waals surface area (Å²) in [4.78, 5) is 15.0. The zero-order valence-electron chi connectivity index (χ0n) is 11.4. The van der Waals surface area contributed by atoms with Gasteiger partial charge in [-0.25, -0.2) is 4.39 Å². The maximum absolute atomic E-state index is 13.2. The van der Waals surface area contributed by atoms with E-state index in [2.05, 4.69) is 5.32 Å². The van der Waals surface area contributed by atoms with Crippen LogP contribution in [0, 0.1) is 5.82 Å². The number of benzene rings is 1. The molecule has 1 N–H and O–H groups in total. The summed E-state index contributed by atoms with van der Waals surface area (Å²) in [5.74, 6) is -0.233. The zero-order chi connectivity index (χ0) is 14.1. The molecule has 1 aliphatic heterocycles. The summed E-state index contributed by atoms with van der Waals surface area (Å²) >= 11 is 1.36. The summed E-state index contributed by atoms with van der Waals surface area (Å²) in [6.07, 6.45) is 2.13. The molecule has 2 heterocycles. The molecule has 5 heteroatoms. The van der Waals surface area contributed by atoms with Crippen LogP contribution in [0.4, 0.5) is 4.39 Å². The first-order chi connectivity index (χ1) is 9.65. The predicted octanol–water partition coefficient (Wildman–Crippen LogP) is 2.86. The predicted molar refractivity (Wildman–Crippen MR) is 79.8 cm³/mol. The Labute approximate surface area is 121 Å². The third-order valence-electron chi connectivity index (χ3n) is 3.83. The van der Waals surface area contributed by atoms with E-state index in [0.717, 1.165) is 36.0 Å². The maximum Gasteiger partial charge on any atom is 0.263 e. The van der Waals surface area contributed by atoms with Gasteiger partial charge in [0.1, 0.15) is 5.82 Å². The lowest BCUT2D eigenvalue weighted by Gasteiger charge is -2.31. The maximum atomic E-state index is 13.2. The summed E-state index contributed by atoms with van der Waals surface area (Å²) in [5.41, 5.74) is 0.